The molecular weight excluding hydrogens is 296 g/mol. The third-order valence-electron chi connectivity index (χ3n) is 3.43. The number of benzene rings is 1. The van der Waals surface area contributed by atoms with E-state index < -0.39 is 0 Å². The van der Waals surface area contributed by atoms with Gasteiger partial charge < -0.3 is 10.4 Å². The molecule has 0 saturated carbocycles. The van der Waals surface area contributed by atoms with E-state index >= 15 is 0 Å². The second-order valence-corrected chi connectivity index (χ2v) is 6.47. The van der Waals surface area contributed by atoms with Gasteiger partial charge in [0.15, 0.2) is 0 Å². The smallest absolute Gasteiger partial charge is 0.270 e. The first-order valence-electron chi connectivity index (χ1n) is 7.50. The number of thiazole rings is 1. The van der Waals surface area contributed by atoms with Crippen LogP contribution in [0.25, 0.3) is 0 Å². The van der Waals surface area contributed by atoms with Gasteiger partial charge in [-0.25, -0.2) is 4.98 Å². The monoisotopic (exact) mass is 318 g/mol. The van der Waals surface area contributed by atoms with Gasteiger partial charge in [0.1, 0.15) is 5.69 Å². The largest absolute Gasteiger partial charge is 0.396 e. The van der Waals surface area contributed by atoms with Gasteiger partial charge in [0, 0.05) is 24.4 Å². The summed E-state index contributed by atoms with van der Waals surface area (Å²) in [6.45, 7) is 4.15. The van der Waals surface area contributed by atoms with Crippen molar-refractivity contribution < 1.29 is 9.90 Å². The average molecular weight is 318 g/mol. The van der Waals surface area contributed by atoms with Gasteiger partial charge >= 0.3 is 0 Å². The Morgan fingerprint density at radius 1 is 1.36 bits per heavy atom. The van der Waals surface area contributed by atoms with E-state index in [-0.39, 0.29) is 18.6 Å². The highest BCUT2D eigenvalue weighted by Crippen LogP contribution is 2.15. The van der Waals surface area contributed by atoms with Crippen LogP contribution in [0.4, 0.5) is 0 Å². The van der Waals surface area contributed by atoms with Crippen molar-refractivity contribution in [3.63, 3.8) is 0 Å². The molecule has 0 aliphatic carbocycles. The SMILES string of the molecule is Cc1ccc(Cc2nc(C(=O)NC(C)CCCO)cs2)cc1. The lowest BCUT2D eigenvalue weighted by Crippen LogP contribution is -2.32. The summed E-state index contributed by atoms with van der Waals surface area (Å²) >= 11 is 1.51. The van der Waals surface area contributed by atoms with Gasteiger partial charge in [-0.2, -0.15) is 0 Å². The van der Waals surface area contributed by atoms with Crippen molar-refractivity contribution >= 4 is 17.2 Å². The number of rotatable bonds is 7. The molecule has 118 valence electrons. The fraction of sp³-hybridized carbons (Fsp3) is 0.412. The van der Waals surface area contributed by atoms with Crippen LogP contribution in [0.1, 0.15) is 46.4 Å². The third-order valence-corrected chi connectivity index (χ3v) is 4.28. The van der Waals surface area contributed by atoms with E-state index in [1.54, 1.807) is 5.38 Å². The molecule has 0 saturated heterocycles. The fourth-order valence-corrected chi connectivity index (χ4v) is 2.95. The number of amides is 1. The lowest BCUT2D eigenvalue weighted by atomic mass is 10.1. The molecule has 1 unspecified atom stereocenters. The lowest BCUT2D eigenvalue weighted by Gasteiger charge is -2.11. The van der Waals surface area contributed by atoms with Gasteiger partial charge in [0.25, 0.3) is 5.91 Å². The van der Waals surface area contributed by atoms with Crippen molar-refractivity contribution in [2.45, 2.75) is 39.2 Å². The van der Waals surface area contributed by atoms with Gasteiger partial charge in [-0.05, 0) is 32.3 Å². The van der Waals surface area contributed by atoms with Crippen LogP contribution >= 0.6 is 11.3 Å². The molecule has 0 radical (unpaired) electrons. The Kier molecular flexibility index (Phi) is 6.10. The standard InChI is InChI=1S/C17H22N2O2S/c1-12-5-7-14(8-6-12)10-16-19-15(11-22-16)17(21)18-13(2)4-3-9-20/h5-8,11,13,20H,3-4,9-10H2,1-2H3,(H,18,21). The summed E-state index contributed by atoms with van der Waals surface area (Å²) in [5.74, 6) is -0.142. The van der Waals surface area contributed by atoms with Crippen LogP contribution in [0.5, 0.6) is 0 Å². The molecule has 0 fully saturated rings. The highest BCUT2D eigenvalue weighted by Gasteiger charge is 2.13. The minimum atomic E-state index is -0.142. The van der Waals surface area contributed by atoms with E-state index in [9.17, 15) is 4.79 Å². The molecule has 22 heavy (non-hydrogen) atoms. The van der Waals surface area contributed by atoms with Gasteiger partial charge in [-0.15, -0.1) is 11.3 Å². The molecule has 1 amide bonds. The first-order valence-corrected chi connectivity index (χ1v) is 8.38. The molecule has 5 heteroatoms. The Hall–Kier alpha value is -1.72. The van der Waals surface area contributed by atoms with E-state index in [1.807, 2.05) is 6.92 Å². The molecule has 1 atom stereocenters. The predicted octanol–water partition coefficient (Wildman–Crippen LogP) is 2.93. The highest BCUT2D eigenvalue weighted by atomic mass is 32.1. The minimum Gasteiger partial charge on any atom is -0.396 e. The second kappa shape index (κ2) is 8.06. The number of aliphatic hydroxyl groups excluding tert-OH is 1. The molecule has 1 heterocycles. The second-order valence-electron chi connectivity index (χ2n) is 5.53. The summed E-state index contributed by atoms with van der Waals surface area (Å²) in [5, 5.41) is 14.5. The summed E-state index contributed by atoms with van der Waals surface area (Å²) in [4.78, 5) is 16.5. The van der Waals surface area contributed by atoms with E-state index in [1.165, 1.54) is 22.5 Å². The van der Waals surface area contributed by atoms with E-state index in [0.29, 0.717) is 12.1 Å². The van der Waals surface area contributed by atoms with Crippen molar-refractivity contribution in [3.05, 3.63) is 51.5 Å². The van der Waals surface area contributed by atoms with Crippen LogP contribution in [0, 0.1) is 6.92 Å². The Morgan fingerprint density at radius 3 is 2.77 bits per heavy atom. The van der Waals surface area contributed by atoms with Crippen molar-refractivity contribution in [1.82, 2.24) is 10.3 Å². The number of hydrogen-bond acceptors (Lipinski definition) is 4. The van der Waals surface area contributed by atoms with Gasteiger partial charge in [-0.3, -0.25) is 4.79 Å². The number of hydrogen-bond donors (Lipinski definition) is 2. The Bertz CT molecular complexity index is 607. The van der Waals surface area contributed by atoms with Gasteiger partial charge in [-0.1, -0.05) is 29.8 Å². The zero-order valence-electron chi connectivity index (χ0n) is 13.0. The predicted molar refractivity (Wildman–Crippen MR) is 89.3 cm³/mol. The van der Waals surface area contributed by atoms with Crippen LogP contribution < -0.4 is 5.32 Å². The first-order chi connectivity index (χ1) is 10.6. The van der Waals surface area contributed by atoms with E-state index in [0.717, 1.165) is 17.8 Å². The topological polar surface area (TPSA) is 62.2 Å². The Balaban J connectivity index is 1.92. The number of carbonyl (C=O) groups is 1. The number of aryl methyl sites for hydroxylation is 1. The molecule has 1 aromatic carbocycles. The van der Waals surface area contributed by atoms with Crippen LogP contribution in [-0.2, 0) is 6.42 Å². The molecule has 2 aromatic rings. The Morgan fingerprint density at radius 2 is 2.09 bits per heavy atom. The maximum Gasteiger partial charge on any atom is 0.270 e. The summed E-state index contributed by atoms with van der Waals surface area (Å²) in [5.41, 5.74) is 2.91. The number of nitrogens with one attached hydrogen (secondary N) is 1. The maximum atomic E-state index is 12.1. The lowest BCUT2D eigenvalue weighted by molar-refractivity contribution is 0.0932. The van der Waals surface area contributed by atoms with Crippen molar-refractivity contribution in [2.75, 3.05) is 6.61 Å². The molecule has 2 rings (SSSR count). The summed E-state index contributed by atoms with van der Waals surface area (Å²) in [6, 6.07) is 8.39. The zero-order valence-corrected chi connectivity index (χ0v) is 13.8. The van der Waals surface area contributed by atoms with E-state index in [2.05, 4.69) is 41.5 Å². The molecule has 1 aromatic heterocycles. The Labute approximate surface area is 135 Å². The number of nitrogens with zero attached hydrogens (tertiary/aromatic N) is 1. The van der Waals surface area contributed by atoms with Gasteiger partial charge in [0.2, 0.25) is 0 Å². The molecule has 0 spiro atoms. The summed E-state index contributed by atoms with van der Waals surface area (Å²) < 4.78 is 0. The minimum absolute atomic E-state index is 0.0434. The zero-order chi connectivity index (χ0) is 15.9. The molecule has 0 bridgehead atoms. The molecule has 0 aliphatic rings. The van der Waals surface area contributed by atoms with Crippen LogP contribution in [-0.4, -0.2) is 28.6 Å². The first kappa shape index (κ1) is 16.6. The van der Waals surface area contributed by atoms with Crippen molar-refractivity contribution in [1.29, 1.82) is 0 Å². The number of aliphatic hydroxyl groups is 1. The molecular formula is C17H22N2O2S. The molecule has 4 nitrogen and oxygen atoms in total. The van der Waals surface area contributed by atoms with Crippen LogP contribution in [0.15, 0.2) is 29.6 Å². The van der Waals surface area contributed by atoms with E-state index in [4.69, 9.17) is 5.11 Å². The quantitative estimate of drug-likeness (QED) is 0.825. The fourth-order valence-electron chi connectivity index (χ4n) is 2.14. The number of aromatic nitrogens is 1. The molecule has 2 N–H and O–H groups in total. The third kappa shape index (κ3) is 4.93. The highest BCUT2D eigenvalue weighted by molar-refractivity contribution is 7.09. The number of carbonyl (C=O) groups excluding carboxylic acids is 1. The van der Waals surface area contributed by atoms with Crippen LogP contribution in [0.3, 0.4) is 0 Å². The van der Waals surface area contributed by atoms with Gasteiger partial charge in [0.05, 0.1) is 5.01 Å². The summed E-state index contributed by atoms with van der Waals surface area (Å²) in [6.07, 6.45) is 2.21. The van der Waals surface area contributed by atoms with Crippen LogP contribution in [0.2, 0.25) is 0 Å². The average Bonchev–Trinajstić information content (AvgIpc) is 2.96. The van der Waals surface area contributed by atoms with Crippen molar-refractivity contribution in [3.8, 4) is 0 Å². The van der Waals surface area contributed by atoms with Crippen molar-refractivity contribution in [2.24, 2.45) is 0 Å². The molecule has 0 aliphatic heterocycles. The maximum absolute atomic E-state index is 12.1. The normalized spacial score (nSPS) is 12.1. The summed E-state index contributed by atoms with van der Waals surface area (Å²) in [7, 11) is 0.